The molecule has 0 fully saturated rings. The van der Waals surface area contributed by atoms with E-state index in [0.29, 0.717) is 0 Å². The van der Waals surface area contributed by atoms with Crippen molar-refractivity contribution in [2.75, 3.05) is 0 Å². The Morgan fingerprint density at radius 1 is 1.39 bits per heavy atom. The number of rotatable bonds is 4. The normalized spacial score (nSPS) is 11.1. The van der Waals surface area contributed by atoms with Crippen LogP contribution in [0.5, 0.6) is 0 Å². The van der Waals surface area contributed by atoms with Crippen LogP contribution >= 0.6 is 22.7 Å². The maximum atomic E-state index is 11.3. The molecule has 2 aromatic rings. The number of thiophene rings is 1. The van der Waals surface area contributed by atoms with Crippen LogP contribution in [0.3, 0.4) is 0 Å². The van der Waals surface area contributed by atoms with Crippen LogP contribution in [-0.4, -0.2) is 16.1 Å². The molecule has 18 heavy (non-hydrogen) atoms. The third-order valence-corrected chi connectivity index (χ3v) is 5.34. The highest BCUT2D eigenvalue weighted by atomic mass is 32.1. The number of nitrogens with zero attached hydrogens (tertiary/aromatic N) is 1. The molecule has 0 bridgehead atoms. The van der Waals surface area contributed by atoms with E-state index in [1.165, 1.54) is 16.2 Å². The summed E-state index contributed by atoms with van der Waals surface area (Å²) >= 11 is 3.14. The molecule has 2 heterocycles. The number of carbonyl (C=O) groups is 1. The molecule has 0 aliphatic heterocycles. The minimum Gasteiger partial charge on any atom is -0.476 e. The summed E-state index contributed by atoms with van der Waals surface area (Å²) in [6.07, 6.45) is 0.975. The fourth-order valence-electron chi connectivity index (χ4n) is 1.59. The zero-order valence-electron chi connectivity index (χ0n) is 10.6. The molecule has 0 aliphatic carbocycles. The minimum atomic E-state index is -0.945. The van der Waals surface area contributed by atoms with Crippen LogP contribution in [0.4, 0.5) is 0 Å². The first-order chi connectivity index (χ1) is 8.52. The second kappa shape index (κ2) is 5.20. The molecule has 3 nitrogen and oxygen atoms in total. The third-order valence-electron chi connectivity index (χ3n) is 2.57. The highest BCUT2D eigenvalue weighted by Crippen LogP contribution is 2.37. The second-order valence-electron chi connectivity index (χ2n) is 4.31. The van der Waals surface area contributed by atoms with Crippen molar-refractivity contribution >= 4 is 28.6 Å². The smallest absolute Gasteiger partial charge is 0.356 e. The van der Waals surface area contributed by atoms with E-state index in [1.807, 2.05) is 19.9 Å². The van der Waals surface area contributed by atoms with Gasteiger partial charge in [-0.1, -0.05) is 20.8 Å². The molecule has 0 saturated heterocycles. The molecule has 0 unspecified atom stereocenters. The van der Waals surface area contributed by atoms with Gasteiger partial charge in [0.25, 0.3) is 0 Å². The van der Waals surface area contributed by atoms with Crippen molar-refractivity contribution in [1.29, 1.82) is 0 Å². The molecule has 2 aromatic heterocycles. The molecule has 0 aromatic carbocycles. The molecule has 0 radical (unpaired) electrons. The Morgan fingerprint density at radius 2 is 2.11 bits per heavy atom. The molecule has 1 N–H and O–H groups in total. The van der Waals surface area contributed by atoms with Gasteiger partial charge in [-0.3, -0.25) is 0 Å². The summed E-state index contributed by atoms with van der Waals surface area (Å²) in [5.41, 5.74) is 0.188. The fourth-order valence-corrected chi connectivity index (χ4v) is 3.70. The predicted octanol–water partition coefficient (Wildman–Crippen LogP) is 4.26. The van der Waals surface area contributed by atoms with Gasteiger partial charge in [-0.25, -0.2) is 9.78 Å². The Kier molecular flexibility index (Phi) is 3.82. The van der Waals surface area contributed by atoms with Crippen LogP contribution in [0.25, 0.3) is 9.75 Å². The van der Waals surface area contributed by atoms with Crippen LogP contribution in [0.15, 0.2) is 12.1 Å². The SMILES string of the molecule is CCc1ccc(-c2sc(C(C)C)nc2C(=O)O)s1. The van der Waals surface area contributed by atoms with E-state index in [1.54, 1.807) is 11.3 Å². The van der Waals surface area contributed by atoms with Crippen molar-refractivity contribution in [2.45, 2.75) is 33.1 Å². The zero-order chi connectivity index (χ0) is 13.3. The Bertz CT molecular complexity index is 569. The molecule has 5 heteroatoms. The Balaban J connectivity index is 2.51. The molecular formula is C13H15NO2S2. The number of aryl methyl sites for hydroxylation is 1. The third kappa shape index (κ3) is 2.47. The average molecular weight is 281 g/mol. The first-order valence-corrected chi connectivity index (χ1v) is 7.49. The lowest BCUT2D eigenvalue weighted by molar-refractivity contribution is 0.0692. The first-order valence-electron chi connectivity index (χ1n) is 5.86. The molecule has 0 atom stereocenters. The monoisotopic (exact) mass is 281 g/mol. The van der Waals surface area contributed by atoms with Crippen molar-refractivity contribution in [3.05, 3.63) is 27.7 Å². The van der Waals surface area contributed by atoms with E-state index in [9.17, 15) is 9.90 Å². The number of carboxylic acids is 1. The summed E-state index contributed by atoms with van der Waals surface area (Å²) in [5.74, 6) is -0.688. The molecule has 0 spiro atoms. The molecular weight excluding hydrogens is 266 g/mol. The number of aromatic carboxylic acids is 1. The summed E-state index contributed by atoms with van der Waals surface area (Å²) in [5, 5.41) is 10.1. The summed E-state index contributed by atoms with van der Waals surface area (Å²) in [6, 6.07) is 4.05. The Hall–Kier alpha value is -1.20. The maximum absolute atomic E-state index is 11.3. The second-order valence-corrected chi connectivity index (χ2v) is 6.51. The van der Waals surface area contributed by atoms with Crippen LogP contribution in [0.1, 0.15) is 47.1 Å². The summed E-state index contributed by atoms with van der Waals surface area (Å²) < 4.78 is 0. The minimum absolute atomic E-state index is 0.188. The summed E-state index contributed by atoms with van der Waals surface area (Å²) in [4.78, 5) is 18.6. The van der Waals surface area contributed by atoms with E-state index in [4.69, 9.17) is 0 Å². The van der Waals surface area contributed by atoms with Gasteiger partial charge in [0.15, 0.2) is 5.69 Å². The van der Waals surface area contributed by atoms with Crippen molar-refractivity contribution in [3.63, 3.8) is 0 Å². The Labute approximate surface area is 114 Å². The van der Waals surface area contributed by atoms with Gasteiger partial charge in [0.1, 0.15) is 0 Å². The van der Waals surface area contributed by atoms with Crippen LogP contribution in [0, 0.1) is 0 Å². The lowest BCUT2D eigenvalue weighted by Gasteiger charge is -1.95. The Morgan fingerprint density at radius 3 is 2.61 bits per heavy atom. The van der Waals surface area contributed by atoms with Crippen molar-refractivity contribution in [3.8, 4) is 9.75 Å². The van der Waals surface area contributed by atoms with Gasteiger partial charge in [0.05, 0.1) is 9.88 Å². The zero-order valence-corrected chi connectivity index (χ0v) is 12.2. The summed E-state index contributed by atoms with van der Waals surface area (Å²) in [7, 11) is 0. The maximum Gasteiger partial charge on any atom is 0.356 e. The van der Waals surface area contributed by atoms with Gasteiger partial charge in [-0.05, 0) is 18.6 Å². The van der Waals surface area contributed by atoms with Gasteiger partial charge in [-0.15, -0.1) is 22.7 Å². The van der Waals surface area contributed by atoms with Crippen molar-refractivity contribution in [1.82, 2.24) is 4.98 Å². The molecule has 96 valence electrons. The van der Waals surface area contributed by atoms with Gasteiger partial charge in [0, 0.05) is 15.7 Å². The predicted molar refractivity (Wildman–Crippen MR) is 75.9 cm³/mol. The topological polar surface area (TPSA) is 50.2 Å². The lowest BCUT2D eigenvalue weighted by Crippen LogP contribution is -1.99. The van der Waals surface area contributed by atoms with Crippen LogP contribution in [0.2, 0.25) is 0 Å². The fraction of sp³-hybridized carbons (Fsp3) is 0.385. The van der Waals surface area contributed by atoms with Gasteiger partial charge in [0.2, 0.25) is 0 Å². The molecule has 0 amide bonds. The van der Waals surface area contributed by atoms with Gasteiger partial charge >= 0.3 is 5.97 Å². The molecule has 2 rings (SSSR count). The van der Waals surface area contributed by atoms with Gasteiger partial charge in [-0.2, -0.15) is 0 Å². The van der Waals surface area contributed by atoms with Crippen molar-refractivity contribution in [2.24, 2.45) is 0 Å². The highest BCUT2D eigenvalue weighted by Gasteiger charge is 2.21. The first kappa shape index (κ1) is 13.2. The quantitative estimate of drug-likeness (QED) is 0.911. The van der Waals surface area contributed by atoms with Gasteiger partial charge < -0.3 is 5.11 Å². The number of aromatic nitrogens is 1. The molecule has 0 saturated carbocycles. The number of carboxylic acid groups (broad SMARTS) is 1. The standard InChI is InChI=1S/C13H15NO2S2/c1-4-8-5-6-9(17-8)11-10(13(15)16)14-12(18-11)7(2)3/h5-7H,4H2,1-3H3,(H,15,16). The number of hydrogen-bond acceptors (Lipinski definition) is 4. The number of thiazole rings is 1. The highest BCUT2D eigenvalue weighted by molar-refractivity contribution is 7.22. The van der Waals surface area contributed by atoms with E-state index in [2.05, 4.69) is 18.0 Å². The van der Waals surface area contributed by atoms with E-state index >= 15 is 0 Å². The van der Waals surface area contributed by atoms with E-state index in [-0.39, 0.29) is 11.6 Å². The average Bonchev–Trinajstić information content (AvgIpc) is 2.95. The van der Waals surface area contributed by atoms with Crippen LogP contribution in [-0.2, 0) is 6.42 Å². The lowest BCUT2D eigenvalue weighted by atomic mass is 10.2. The van der Waals surface area contributed by atoms with Crippen molar-refractivity contribution < 1.29 is 9.90 Å². The van der Waals surface area contributed by atoms with E-state index < -0.39 is 5.97 Å². The summed E-state index contributed by atoms with van der Waals surface area (Å²) in [6.45, 7) is 6.15. The largest absolute Gasteiger partial charge is 0.476 e. The van der Waals surface area contributed by atoms with E-state index in [0.717, 1.165) is 21.2 Å². The number of hydrogen-bond donors (Lipinski definition) is 1. The molecule has 0 aliphatic rings. The van der Waals surface area contributed by atoms with Crippen LogP contribution < -0.4 is 0 Å².